The van der Waals surface area contributed by atoms with E-state index in [2.05, 4.69) is 5.32 Å². The second-order valence-corrected chi connectivity index (χ2v) is 9.66. The third kappa shape index (κ3) is 7.11. The molecule has 150 valence electrons. The SMILES string of the molecule is CC(C)(C)OC(=O)NCCc1ccc(OCC2([P+](=O)O)CCCCC2)cc1. The average molecular weight is 396 g/mol. The summed E-state index contributed by atoms with van der Waals surface area (Å²) < 4.78 is 22.9. The van der Waals surface area contributed by atoms with Crippen LogP contribution in [0.2, 0.25) is 0 Å². The van der Waals surface area contributed by atoms with E-state index >= 15 is 0 Å². The largest absolute Gasteiger partial charge is 0.515 e. The van der Waals surface area contributed by atoms with E-state index in [1.807, 2.05) is 45.0 Å². The van der Waals surface area contributed by atoms with Gasteiger partial charge < -0.3 is 14.8 Å². The molecule has 0 radical (unpaired) electrons. The predicted molar refractivity (Wildman–Crippen MR) is 106 cm³/mol. The summed E-state index contributed by atoms with van der Waals surface area (Å²) in [5.74, 6) is 0.695. The quantitative estimate of drug-likeness (QED) is 0.660. The fourth-order valence-electron chi connectivity index (χ4n) is 3.19. The number of amides is 1. The van der Waals surface area contributed by atoms with Crippen LogP contribution in [0.4, 0.5) is 4.79 Å². The summed E-state index contributed by atoms with van der Waals surface area (Å²) in [6.07, 6.45) is 4.84. The van der Waals surface area contributed by atoms with E-state index in [4.69, 9.17) is 9.47 Å². The molecule has 1 atom stereocenters. The smallest absolute Gasteiger partial charge is 0.488 e. The van der Waals surface area contributed by atoms with Crippen LogP contribution in [-0.2, 0) is 15.7 Å². The Bertz CT molecular complexity index is 633. The maximum Gasteiger partial charge on any atom is 0.515 e. The molecule has 2 N–H and O–H groups in total. The summed E-state index contributed by atoms with van der Waals surface area (Å²) in [7, 11) is -2.26. The number of rotatable bonds is 7. The lowest BCUT2D eigenvalue weighted by Gasteiger charge is -2.25. The predicted octanol–water partition coefficient (Wildman–Crippen LogP) is 4.57. The summed E-state index contributed by atoms with van der Waals surface area (Å²) in [6.45, 7) is 6.25. The zero-order valence-electron chi connectivity index (χ0n) is 16.5. The Balaban J connectivity index is 1.79. The van der Waals surface area contributed by atoms with Crippen LogP contribution >= 0.6 is 8.03 Å². The fourth-order valence-corrected chi connectivity index (χ4v) is 4.07. The van der Waals surface area contributed by atoms with Crippen LogP contribution < -0.4 is 10.1 Å². The van der Waals surface area contributed by atoms with Gasteiger partial charge in [0.2, 0.25) is 5.16 Å². The van der Waals surface area contributed by atoms with Crippen molar-refractivity contribution >= 4 is 14.1 Å². The molecule has 2 rings (SSSR count). The van der Waals surface area contributed by atoms with E-state index in [1.165, 1.54) is 0 Å². The van der Waals surface area contributed by atoms with Gasteiger partial charge in [-0.05, 0) is 62.3 Å². The second kappa shape index (κ2) is 9.52. The van der Waals surface area contributed by atoms with Crippen molar-refractivity contribution in [3.8, 4) is 5.75 Å². The highest BCUT2D eigenvalue weighted by molar-refractivity contribution is 7.40. The topological polar surface area (TPSA) is 84.9 Å². The first-order chi connectivity index (χ1) is 12.7. The molecule has 0 heterocycles. The third-order valence-electron chi connectivity index (χ3n) is 4.70. The molecular weight excluding hydrogens is 365 g/mol. The molecule has 1 saturated carbocycles. The van der Waals surface area contributed by atoms with Crippen LogP contribution in [-0.4, -0.2) is 34.9 Å². The first-order valence-electron chi connectivity index (χ1n) is 9.55. The Labute approximate surface area is 162 Å². The Hall–Kier alpha value is -1.65. The molecule has 1 aliphatic rings. The minimum atomic E-state index is -2.26. The number of ether oxygens (including phenoxy) is 2. The van der Waals surface area contributed by atoms with Crippen molar-refractivity contribution < 1.29 is 23.7 Å². The lowest BCUT2D eigenvalue weighted by Crippen LogP contribution is -2.34. The van der Waals surface area contributed by atoms with E-state index in [0.29, 0.717) is 18.7 Å². The van der Waals surface area contributed by atoms with Crippen molar-refractivity contribution in [1.29, 1.82) is 0 Å². The molecule has 27 heavy (non-hydrogen) atoms. The van der Waals surface area contributed by atoms with Gasteiger partial charge in [0, 0.05) is 19.4 Å². The van der Waals surface area contributed by atoms with Crippen molar-refractivity contribution in [3.63, 3.8) is 0 Å². The molecule has 1 aliphatic carbocycles. The Morgan fingerprint density at radius 1 is 1.19 bits per heavy atom. The van der Waals surface area contributed by atoms with Gasteiger partial charge in [0.25, 0.3) is 0 Å². The lowest BCUT2D eigenvalue weighted by molar-refractivity contribution is 0.0528. The first kappa shape index (κ1) is 21.6. The zero-order chi connectivity index (χ0) is 19.9. The molecule has 1 amide bonds. The van der Waals surface area contributed by atoms with Gasteiger partial charge in [-0.2, -0.15) is 4.89 Å². The van der Waals surface area contributed by atoms with Gasteiger partial charge in [-0.15, -0.1) is 0 Å². The molecule has 1 fully saturated rings. The van der Waals surface area contributed by atoms with E-state index in [9.17, 15) is 14.3 Å². The van der Waals surface area contributed by atoms with Gasteiger partial charge in [0.05, 0.1) is 0 Å². The Kier molecular flexibility index (Phi) is 7.63. The van der Waals surface area contributed by atoms with Crippen molar-refractivity contribution in [3.05, 3.63) is 29.8 Å². The highest BCUT2D eigenvalue weighted by atomic mass is 31.1. The fraction of sp³-hybridized carbons (Fsp3) is 0.650. The number of carbonyl (C=O) groups excluding carboxylic acids is 1. The summed E-state index contributed by atoms with van der Waals surface area (Å²) >= 11 is 0. The van der Waals surface area contributed by atoms with Crippen molar-refractivity contribution in [2.75, 3.05) is 13.2 Å². The number of nitrogens with one attached hydrogen (secondary N) is 1. The van der Waals surface area contributed by atoms with Crippen molar-refractivity contribution in [2.45, 2.75) is 70.1 Å². The average Bonchev–Trinajstić information content (AvgIpc) is 2.60. The van der Waals surface area contributed by atoms with Gasteiger partial charge in [0.1, 0.15) is 18.0 Å². The van der Waals surface area contributed by atoms with E-state index in [-0.39, 0.29) is 6.61 Å². The Morgan fingerprint density at radius 3 is 2.37 bits per heavy atom. The summed E-state index contributed by atoms with van der Waals surface area (Å²) in [5, 5.41) is 2.13. The van der Waals surface area contributed by atoms with Crippen LogP contribution in [0.5, 0.6) is 5.75 Å². The van der Waals surface area contributed by atoms with E-state index in [1.54, 1.807) is 0 Å². The minimum Gasteiger partial charge on any atom is -0.488 e. The van der Waals surface area contributed by atoms with Gasteiger partial charge in [-0.3, -0.25) is 0 Å². The molecule has 0 aliphatic heterocycles. The van der Waals surface area contributed by atoms with Gasteiger partial charge in [-0.25, -0.2) is 4.79 Å². The molecule has 0 spiro atoms. The summed E-state index contributed by atoms with van der Waals surface area (Å²) in [4.78, 5) is 21.4. The molecule has 1 aromatic rings. The molecule has 0 saturated heterocycles. The lowest BCUT2D eigenvalue weighted by atomic mass is 9.89. The second-order valence-electron chi connectivity index (χ2n) is 8.17. The van der Waals surface area contributed by atoms with Crippen LogP contribution in [0.15, 0.2) is 24.3 Å². The molecule has 0 aromatic heterocycles. The molecule has 7 heteroatoms. The molecular formula is C20H31NO5P+. The zero-order valence-corrected chi connectivity index (χ0v) is 17.4. The van der Waals surface area contributed by atoms with Crippen LogP contribution in [0, 0.1) is 0 Å². The Morgan fingerprint density at radius 2 is 1.81 bits per heavy atom. The molecule has 0 bridgehead atoms. The normalized spacial score (nSPS) is 17.1. The van der Waals surface area contributed by atoms with Gasteiger partial charge >= 0.3 is 14.1 Å². The molecule has 6 nitrogen and oxygen atoms in total. The van der Waals surface area contributed by atoms with Crippen LogP contribution in [0.1, 0.15) is 58.4 Å². The molecule has 1 unspecified atom stereocenters. The van der Waals surface area contributed by atoms with E-state index < -0.39 is 24.9 Å². The number of benzene rings is 1. The first-order valence-corrected chi connectivity index (χ1v) is 10.8. The number of hydrogen-bond acceptors (Lipinski definition) is 4. The standard InChI is InChI=1S/C20H30NO5P/c1-19(2,3)26-18(22)21-14-11-16-7-9-17(10-8-16)25-15-20(27(23)24)12-5-4-6-13-20/h7-10H,4-6,11-15H2,1-3H3,(H-,21,22,23,24)/p+1. The summed E-state index contributed by atoms with van der Waals surface area (Å²) in [6, 6.07) is 7.62. The summed E-state index contributed by atoms with van der Waals surface area (Å²) in [5.41, 5.74) is 0.566. The van der Waals surface area contributed by atoms with Gasteiger partial charge in [0.15, 0.2) is 0 Å². The maximum atomic E-state index is 11.8. The number of alkyl carbamates (subject to hydrolysis) is 1. The maximum absolute atomic E-state index is 11.8. The van der Waals surface area contributed by atoms with Crippen LogP contribution in [0.25, 0.3) is 0 Å². The minimum absolute atomic E-state index is 0.276. The van der Waals surface area contributed by atoms with Crippen molar-refractivity contribution in [2.24, 2.45) is 0 Å². The van der Waals surface area contributed by atoms with Crippen molar-refractivity contribution in [1.82, 2.24) is 5.32 Å². The monoisotopic (exact) mass is 396 g/mol. The third-order valence-corrected chi connectivity index (χ3v) is 6.09. The highest BCUT2D eigenvalue weighted by Gasteiger charge is 2.50. The highest BCUT2D eigenvalue weighted by Crippen LogP contribution is 2.46. The molecule has 1 aromatic carbocycles. The number of hydrogen-bond donors (Lipinski definition) is 2. The number of carbonyl (C=O) groups is 1. The van der Waals surface area contributed by atoms with Crippen LogP contribution in [0.3, 0.4) is 0 Å². The van der Waals surface area contributed by atoms with Gasteiger partial charge in [-0.1, -0.05) is 18.6 Å². The van der Waals surface area contributed by atoms with E-state index in [0.717, 1.165) is 37.7 Å².